The predicted octanol–water partition coefficient (Wildman–Crippen LogP) is 9.96. The number of ether oxygens (including phenoxy) is 1. The highest BCUT2D eigenvalue weighted by Gasteiger charge is 2.19. The Morgan fingerprint density at radius 2 is 1.26 bits per heavy atom. The van der Waals surface area contributed by atoms with E-state index in [2.05, 4.69) is 95.9 Å². The van der Waals surface area contributed by atoms with E-state index in [-0.39, 0.29) is 5.91 Å². The molecule has 1 amide bonds. The summed E-state index contributed by atoms with van der Waals surface area (Å²) >= 11 is 0. The molecule has 0 aliphatic carbocycles. The molecule has 8 bridgehead atoms. The van der Waals surface area contributed by atoms with Crippen LogP contribution in [-0.2, 0) is 11.2 Å². The van der Waals surface area contributed by atoms with Crippen molar-refractivity contribution in [1.82, 2.24) is 45.2 Å². The van der Waals surface area contributed by atoms with E-state index >= 15 is 0 Å². The number of rotatable bonds is 11. The number of amides is 1. The van der Waals surface area contributed by atoms with Crippen molar-refractivity contribution in [2.45, 2.75) is 12.8 Å². The molecule has 61 heavy (non-hydrogen) atoms. The Hall–Kier alpha value is -8.18. The Morgan fingerprint density at radius 1 is 0.607 bits per heavy atom. The molecular weight excluding hydrogens is 759 g/mol. The molecule has 7 aromatic heterocycles. The molecule has 296 valence electrons. The van der Waals surface area contributed by atoms with Crippen LogP contribution in [0.1, 0.15) is 34.8 Å². The molecule has 0 atom stereocenters. The maximum absolute atomic E-state index is 12.3. The first-order valence-corrected chi connectivity index (χ1v) is 20.1. The summed E-state index contributed by atoms with van der Waals surface area (Å²) in [5.74, 6) is 0.742. The van der Waals surface area contributed by atoms with Gasteiger partial charge in [0.25, 0.3) is 0 Å². The Morgan fingerprint density at radius 3 is 1.98 bits per heavy atom. The van der Waals surface area contributed by atoms with Crippen LogP contribution in [0.3, 0.4) is 0 Å². The Kier molecular flexibility index (Phi) is 10.1. The molecule has 11 nitrogen and oxygen atoms in total. The van der Waals surface area contributed by atoms with Crippen molar-refractivity contribution in [3.8, 4) is 50.3 Å². The van der Waals surface area contributed by atoms with Crippen LogP contribution in [0.25, 0.3) is 90.9 Å². The van der Waals surface area contributed by atoms with Crippen LogP contribution in [0.4, 0.5) is 0 Å². The van der Waals surface area contributed by atoms with Gasteiger partial charge in [-0.3, -0.25) is 19.7 Å². The highest BCUT2D eigenvalue weighted by Crippen LogP contribution is 2.39. The lowest BCUT2D eigenvalue weighted by Crippen LogP contribution is -2.26. The van der Waals surface area contributed by atoms with Gasteiger partial charge in [-0.2, -0.15) is 0 Å². The van der Waals surface area contributed by atoms with Gasteiger partial charge in [-0.15, -0.1) is 0 Å². The number of aromatic nitrogens is 8. The van der Waals surface area contributed by atoms with Gasteiger partial charge in [-0.1, -0.05) is 12.1 Å². The third kappa shape index (κ3) is 7.87. The number of aromatic amines is 3. The molecule has 0 saturated heterocycles. The first-order valence-electron chi connectivity index (χ1n) is 20.1. The molecule has 0 fully saturated rings. The van der Waals surface area contributed by atoms with Gasteiger partial charge in [0.1, 0.15) is 5.75 Å². The van der Waals surface area contributed by atoms with Crippen molar-refractivity contribution in [1.29, 1.82) is 0 Å². The molecule has 0 saturated carbocycles. The third-order valence-electron chi connectivity index (χ3n) is 10.7. The number of carbonyl (C=O) groups excluding carboxylic acids is 1. The molecule has 9 heterocycles. The topological polar surface area (TPSA) is 150 Å². The summed E-state index contributed by atoms with van der Waals surface area (Å²) in [5, 5.41) is 2.97. The molecule has 2 aliphatic heterocycles. The van der Waals surface area contributed by atoms with E-state index in [9.17, 15) is 4.79 Å². The van der Waals surface area contributed by atoms with E-state index in [1.807, 2.05) is 79.4 Å². The van der Waals surface area contributed by atoms with Crippen LogP contribution in [0, 0.1) is 0 Å². The quantitative estimate of drug-likeness (QED) is 0.0952. The van der Waals surface area contributed by atoms with Crippen molar-refractivity contribution in [2.24, 2.45) is 0 Å². The second-order valence-corrected chi connectivity index (χ2v) is 14.7. The van der Waals surface area contributed by atoms with Crippen molar-refractivity contribution in [3.63, 3.8) is 0 Å². The number of H-pyrrole nitrogens is 3. The number of nitrogens with one attached hydrogen (secondary N) is 4. The minimum Gasteiger partial charge on any atom is -0.494 e. The Labute approximate surface area is 351 Å². The fourth-order valence-corrected chi connectivity index (χ4v) is 7.85. The van der Waals surface area contributed by atoms with E-state index in [1.54, 1.807) is 24.8 Å². The Bertz CT molecular complexity index is 3100. The number of hydrogen-bond donors (Lipinski definition) is 4. The molecule has 1 aromatic carbocycles. The zero-order valence-corrected chi connectivity index (χ0v) is 33.0. The third-order valence-corrected chi connectivity index (χ3v) is 10.7. The van der Waals surface area contributed by atoms with Crippen molar-refractivity contribution in [2.75, 3.05) is 13.2 Å². The number of carbonyl (C=O) groups is 1. The monoisotopic (exact) mass is 797 g/mol. The first-order chi connectivity index (χ1) is 30.1. The number of benzene rings is 1. The van der Waals surface area contributed by atoms with Crippen molar-refractivity contribution < 1.29 is 9.53 Å². The zero-order chi connectivity index (χ0) is 41.0. The lowest BCUT2D eigenvalue weighted by atomic mass is 9.95. The van der Waals surface area contributed by atoms with E-state index in [4.69, 9.17) is 14.7 Å². The summed E-state index contributed by atoms with van der Waals surface area (Å²) in [7, 11) is 0. The van der Waals surface area contributed by atoms with Gasteiger partial charge >= 0.3 is 0 Å². The van der Waals surface area contributed by atoms with Gasteiger partial charge in [0, 0.05) is 100 Å². The molecule has 11 heteroatoms. The molecule has 0 unspecified atom stereocenters. The van der Waals surface area contributed by atoms with Crippen molar-refractivity contribution >= 4 is 52.3 Å². The fraction of sp³-hybridized carbons (Fsp3) is 0.0800. The number of nitrogens with zero attached hydrogens (tertiary/aromatic N) is 5. The summed E-state index contributed by atoms with van der Waals surface area (Å²) in [4.78, 5) is 46.4. The summed E-state index contributed by atoms with van der Waals surface area (Å²) < 4.78 is 6.06. The van der Waals surface area contributed by atoms with E-state index in [0.717, 1.165) is 101 Å². The number of pyridine rings is 3. The predicted molar refractivity (Wildman–Crippen MR) is 242 cm³/mol. The summed E-state index contributed by atoms with van der Waals surface area (Å²) in [6.45, 7) is 1.02. The molecular formula is C50H39N9O2. The molecule has 2 aliphatic rings. The maximum Gasteiger partial charge on any atom is 0.224 e. The van der Waals surface area contributed by atoms with Crippen LogP contribution in [0.2, 0.25) is 0 Å². The van der Waals surface area contributed by atoms with E-state index in [0.29, 0.717) is 26.0 Å². The average Bonchev–Trinajstić information content (AvgIpc) is 4.17. The van der Waals surface area contributed by atoms with Gasteiger partial charge < -0.3 is 25.0 Å². The fourth-order valence-electron chi connectivity index (χ4n) is 7.85. The Balaban J connectivity index is 1.06. The molecule has 0 radical (unpaired) electrons. The number of fused-ring (bicyclic) bond motifs is 8. The first kappa shape index (κ1) is 37.1. The van der Waals surface area contributed by atoms with Gasteiger partial charge in [0.05, 0.1) is 35.8 Å². The SMILES string of the molecule is O=C(Cc1cc[nH]c1)NCCCOc1ccc(-c2cnccc2-c2c3nc(cc4ccc([nH]4)c(-c4ccncc4)c4nc(c(-c5ccncc5)c5ccc2[nH]5)C=C4)C=C3)cc1. The average molecular weight is 798 g/mol. The number of hydrogen-bond acceptors (Lipinski definition) is 7. The summed E-state index contributed by atoms with van der Waals surface area (Å²) in [5.41, 5.74) is 15.6. The lowest BCUT2D eigenvalue weighted by Gasteiger charge is -2.12. The van der Waals surface area contributed by atoms with Crippen LogP contribution in [0.15, 0.2) is 141 Å². The normalized spacial score (nSPS) is 11.8. The van der Waals surface area contributed by atoms with Crippen LogP contribution >= 0.6 is 0 Å². The van der Waals surface area contributed by atoms with Crippen LogP contribution in [-0.4, -0.2) is 58.9 Å². The lowest BCUT2D eigenvalue weighted by molar-refractivity contribution is -0.120. The van der Waals surface area contributed by atoms with Gasteiger partial charge in [0.15, 0.2) is 0 Å². The second-order valence-electron chi connectivity index (χ2n) is 14.7. The molecule has 10 rings (SSSR count). The summed E-state index contributed by atoms with van der Waals surface area (Å²) in [6, 6.07) is 30.5. The zero-order valence-electron chi connectivity index (χ0n) is 33.0. The van der Waals surface area contributed by atoms with Gasteiger partial charge in [0.2, 0.25) is 5.91 Å². The maximum atomic E-state index is 12.3. The highest BCUT2D eigenvalue weighted by atomic mass is 16.5. The smallest absolute Gasteiger partial charge is 0.224 e. The van der Waals surface area contributed by atoms with Crippen molar-refractivity contribution in [3.05, 3.63) is 169 Å². The van der Waals surface area contributed by atoms with Crippen LogP contribution in [0.5, 0.6) is 5.75 Å². The highest BCUT2D eigenvalue weighted by molar-refractivity contribution is 5.99. The second kappa shape index (κ2) is 16.6. The molecule has 4 N–H and O–H groups in total. The molecule has 8 aromatic rings. The van der Waals surface area contributed by atoms with E-state index < -0.39 is 0 Å². The summed E-state index contributed by atoms with van der Waals surface area (Å²) in [6.07, 6.45) is 23.9. The van der Waals surface area contributed by atoms with Crippen LogP contribution < -0.4 is 10.1 Å². The molecule has 0 spiro atoms. The minimum atomic E-state index is -0.00647. The standard InChI is InChI=1S/C50H39N9O2/c60-47(28-32-14-21-53-30-32)55-20-1-27-61-38-6-2-33(3-7-38)40-31-54-26-19-39(40)50-45-9-5-37(57-45)29-36-4-8-41(56-36)48(34-15-22-51-23-16-34)42-10-11-43(58-42)49(35-17-24-52-25-18-35)44-12-13-46(50)59-44/h2-19,21-26,29-31,53,56,59H,1,20,27-28H2,(H,55,60). The van der Waals surface area contributed by atoms with E-state index in [1.165, 1.54) is 0 Å². The largest absolute Gasteiger partial charge is 0.494 e. The van der Waals surface area contributed by atoms with Gasteiger partial charge in [-0.25, -0.2) is 9.97 Å². The minimum absolute atomic E-state index is 0.00647. The van der Waals surface area contributed by atoms with Gasteiger partial charge in [-0.05, 0) is 137 Å².